The number of hydrogen-bond donors (Lipinski definition) is 0. The Morgan fingerprint density at radius 2 is 1.82 bits per heavy atom. The summed E-state index contributed by atoms with van der Waals surface area (Å²) in [7, 11) is -1.83. The second kappa shape index (κ2) is 9.14. The number of nitro benzene ring substituents is 1. The molecule has 0 N–H and O–H groups in total. The number of rotatable bonds is 8. The van der Waals surface area contributed by atoms with Crippen LogP contribution in [0, 0.1) is 10.1 Å². The normalized spacial score (nSPS) is 12.8. The number of ketones is 1. The fraction of sp³-hybridized carbons (Fsp3) is 0.208. The Balaban J connectivity index is 1.56. The van der Waals surface area contributed by atoms with Gasteiger partial charge < -0.3 is 9.47 Å². The number of ether oxygens (including phenoxy) is 2. The van der Waals surface area contributed by atoms with Crippen molar-refractivity contribution < 1.29 is 27.6 Å². The van der Waals surface area contributed by atoms with Gasteiger partial charge in [0, 0.05) is 29.8 Å². The zero-order valence-electron chi connectivity index (χ0n) is 18.6. The second-order valence-corrected chi connectivity index (χ2v) is 9.71. The van der Waals surface area contributed by atoms with E-state index < -0.39 is 14.9 Å². The average molecular weight is 483 g/mol. The molecule has 0 amide bonds. The summed E-state index contributed by atoms with van der Waals surface area (Å²) in [6, 6.07) is 16.0. The van der Waals surface area contributed by atoms with Crippen LogP contribution in [0.5, 0.6) is 11.5 Å². The van der Waals surface area contributed by atoms with E-state index in [0.717, 1.165) is 11.8 Å². The number of carbonyl (C=O) groups is 1. The van der Waals surface area contributed by atoms with Gasteiger partial charge in [0.25, 0.3) is 5.69 Å². The number of non-ortho nitro benzene ring substituents is 1. The molecular weight excluding hydrogens is 460 g/mol. The van der Waals surface area contributed by atoms with E-state index in [9.17, 15) is 23.3 Å². The van der Waals surface area contributed by atoms with Crippen LogP contribution in [0.25, 0.3) is 11.1 Å². The topological polar surface area (TPSA) is 116 Å². The highest BCUT2D eigenvalue weighted by molar-refractivity contribution is 7.92. The lowest BCUT2D eigenvalue weighted by Crippen LogP contribution is -2.27. The fourth-order valence-electron chi connectivity index (χ4n) is 3.87. The summed E-state index contributed by atoms with van der Waals surface area (Å²) in [6.07, 6.45) is 1.67. The SMILES string of the molecule is COc1ccc(-c2cc([N+](=O)[O-])ccc2OCC(=O)c2ccc3c(c2)CCN3S(C)(=O)=O)cc1. The van der Waals surface area contributed by atoms with Gasteiger partial charge in [0.2, 0.25) is 10.0 Å². The minimum Gasteiger partial charge on any atom is -0.497 e. The van der Waals surface area contributed by atoms with Crippen LogP contribution in [0.3, 0.4) is 0 Å². The van der Waals surface area contributed by atoms with Gasteiger partial charge in [-0.25, -0.2) is 8.42 Å². The number of sulfonamides is 1. The summed E-state index contributed by atoms with van der Waals surface area (Å²) >= 11 is 0. The molecule has 4 rings (SSSR count). The van der Waals surface area contributed by atoms with Crippen molar-refractivity contribution in [2.24, 2.45) is 0 Å². The molecule has 3 aromatic carbocycles. The molecule has 0 bridgehead atoms. The predicted octanol–water partition coefficient (Wildman–Crippen LogP) is 3.85. The summed E-state index contributed by atoms with van der Waals surface area (Å²) in [4.78, 5) is 23.6. The molecule has 1 heterocycles. The van der Waals surface area contributed by atoms with E-state index in [1.165, 1.54) is 22.5 Å². The first-order valence-electron chi connectivity index (χ1n) is 10.4. The number of hydrogen-bond acceptors (Lipinski definition) is 7. The van der Waals surface area contributed by atoms with Gasteiger partial charge in [-0.15, -0.1) is 0 Å². The number of Topliss-reactive ketones (excluding diaryl/α,β-unsaturated/α-hetero) is 1. The molecule has 0 aliphatic carbocycles. The molecule has 0 saturated heterocycles. The van der Waals surface area contributed by atoms with E-state index in [0.29, 0.717) is 46.8 Å². The van der Waals surface area contributed by atoms with Crippen molar-refractivity contribution in [2.45, 2.75) is 6.42 Å². The molecule has 0 unspecified atom stereocenters. The molecule has 0 atom stereocenters. The van der Waals surface area contributed by atoms with Crippen LogP contribution in [-0.2, 0) is 16.4 Å². The predicted molar refractivity (Wildman–Crippen MR) is 127 cm³/mol. The third-order valence-corrected chi connectivity index (χ3v) is 6.77. The lowest BCUT2D eigenvalue weighted by molar-refractivity contribution is -0.384. The summed E-state index contributed by atoms with van der Waals surface area (Å²) in [6.45, 7) is 0.0614. The minimum atomic E-state index is -3.37. The van der Waals surface area contributed by atoms with Crippen LogP contribution in [-0.4, -0.2) is 45.6 Å². The molecule has 0 saturated carbocycles. The summed E-state index contributed by atoms with van der Waals surface area (Å²) in [5.74, 6) is 0.672. The monoisotopic (exact) mass is 482 g/mol. The summed E-state index contributed by atoms with van der Waals surface area (Å²) < 4.78 is 36.1. The van der Waals surface area contributed by atoms with E-state index in [-0.39, 0.29) is 18.1 Å². The van der Waals surface area contributed by atoms with Crippen molar-refractivity contribution in [3.05, 3.63) is 81.9 Å². The molecule has 34 heavy (non-hydrogen) atoms. The van der Waals surface area contributed by atoms with Gasteiger partial charge in [0.15, 0.2) is 12.4 Å². The van der Waals surface area contributed by atoms with E-state index >= 15 is 0 Å². The maximum absolute atomic E-state index is 12.8. The molecule has 0 aromatic heterocycles. The molecule has 1 aliphatic heterocycles. The van der Waals surface area contributed by atoms with E-state index in [4.69, 9.17) is 9.47 Å². The highest BCUT2D eigenvalue weighted by Crippen LogP contribution is 2.35. The van der Waals surface area contributed by atoms with Crippen LogP contribution < -0.4 is 13.8 Å². The van der Waals surface area contributed by atoms with E-state index in [2.05, 4.69) is 0 Å². The highest BCUT2D eigenvalue weighted by atomic mass is 32.2. The lowest BCUT2D eigenvalue weighted by atomic mass is 10.0. The van der Waals surface area contributed by atoms with Crippen LogP contribution >= 0.6 is 0 Å². The largest absolute Gasteiger partial charge is 0.497 e. The summed E-state index contributed by atoms with van der Waals surface area (Å²) in [5.41, 5.74) is 2.82. The van der Waals surface area contributed by atoms with Gasteiger partial charge >= 0.3 is 0 Å². The Bertz CT molecular complexity index is 1370. The zero-order chi connectivity index (χ0) is 24.5. The average Bonchev–Trinajstić information content (AvgIpc) is 3.26. The standard InChI is InChI=1S/C24H22N2O7S/c1-32-20-7-3-16(4-8-20)21-14-19(26(28)29)6-10-24(21)33-15-23(27)18-5-9-22-17(13-18)11-12-25(22)34(2,30)31/h3-10,13-14H,11-12,15H2,1-2H3. The number of methoxy groups -OCH3 is 1. The molecule has 10 heteroatoms. The first-order valence-corrected chi connectivity index (χ1v) is 12.2. The van der Waals surface area contributed by atoms with Gasteiger partial charge in [0.05, 0.1) is 24.0 Å². The number of nitrogens with zero attached hydrogens (tertiary/aromatic N) is 2. The van der Waals surface area contributed by atoms with Crippen molar-refractivity contribution in [1.29, 1.82) is 0 Å². The van der Waals surface area contributed by atoms with Crippen LogP contribution in [0.15, 0.2) is 60.7 Å². The Kier molecular flexibility index (Phi) is 6.25. The smallest absolute Gasteiger partial charge is 0.270 e. The Labute approximate surface area is 196 Å². The highest BCUT2D eigenvalue weighted by Gasteiger charge is 2.27. The molecule has 0 spiro atoms. The maximum Gasteiger partial charge on any atom is 0.270 e. The number of nitro groups is 1. The molecule has 1 aliphatic rings. The van der Waals surface area contributed by atoms with Crippen molar-refractivity contribution in [3.8, 4) is 22.6 Å². The van der Waals surface area contributed by atoms with Crippen molar-refractivity contribution in [2.75, 3.05) is 30.8 Å². The number of fused-ring (bicyclic) bond motifs is 1. The first-order chi connectivity index (χ1) is 16.2. The minimum absolute atomic E-state index is 0.0986. The molecule has 176 valence electrons. The quantitative estimate of drug-likeness (QED) is 0.272. The number of anilines is 1. The van der Waals surface area contributed by atoms with Crippen LogP contribution in [0.1, 0.15) is 15.9 Å². The maximum atomic E-state index is 12.8. The molecule has 3 aromatic rings. The molecule has 0 radical (unpaired) electrons. The van der Waals surface area contributed by atoms with Gasteiger partial charge in [-0.2, -0.15) is 0 Å². The van der Waals surface area contributed by atoms with Crippen molar-refractivity contribution >= 4 is 27.2 Å². The number of benzene rings is 3. The van der Waals surface area contributed by atoms with Gasteiger partial charge in [-0.3, -0.25) is 19.2 Å². The van der Waals surface area contributed by atoms with Crippen LogP contribution in [0.4, 0.5) is 11.4 Å². The Morgan fingerprint density at radius 1 is 1.09 bits per heavy atom. The third kappa shape index (κ3) is 4.72. The van der Waals surface area contributed by atoms with Gasteiger partial charge in [-0.05, 0) is 53.9 Å². The van der Waals surface area contributed by atoms with Crippen molar-refractivity contribution in [1.82, 2.24) is 0 Å². The molecular formula is C24H22N2O7S. The third-order valence-electron chi connectivity index (χ3n) is 5.59. The fourth-order valence-corrected chi connectivity index (χ4v) is 4.83. The van der Waals surface area contributed by atoms with E-state index in [1.807, 2.05) is 0 Å². The second-order valence-electron chi connectivity index (χ2n) is 7.81. The first kappa shape index (κ1) is 23.2. The Hall–Kier alpha value is -3.92. The van der Waals surface area contributed by atoms with Crippen molar-refractivity contribution in [3.63, 3.8) is 0 Å². The summed E-state index contributed by atoms with van der Waals surface area (Å²) in [5, 5.41) is 11.3. The van der Waals surface area contributed by atoms with Gasteiger partial charge in [-0.1, -0.05) is 12.1 Å². The lowest BCUT2D eigenvalue weighted by Gasteiger charge is -2.16. The van der Waals surface area contributed by atoms with Gasteiger partial charge in [0.1, 0.15) is 11.5 Å². The zero-order valence-corrected chi connectivity index (χ0v) is 19.4. The molecule has 0 fully saturated rings. The molecule has 9 nitrogen and oxygen atoms in total. The van der Waals surface area contributed by atoms with Crippen LogP contribution in [0.2, 0.25) is 0 Å². The van der Waals surface area contributed by atoms with E-state index in [1.54, 1.807) is 49.6 Å². The Morgan fingerprint density at radius 3 is 2.47 bits per heavy atom. The number of carbonyl (C=O) groups excluding carboxylic acids is 1.